The minimum absolute atomic E-state index is 0.00115. The van der Waals surface area contributed by atoms with Crippen molar-refractivity contribution in [3.63, 3.8) is 0 Å². The number of ketones is 1. The topological polar surface area (TPSA) is 69.7 Å². The van der Waals surface area contributed by atoms with E-state index in [0.29, 0.717) is 12.0 Å². The number of methoxy groups -OCH3 is 1. The minimum Gasteiger partial charge on any atom is -0.493 e. The summed E-state index contributed by atoms with van der Waals surface area (Å²) in [5.41, 5.74) is 1.66. The number of hydrogen-bond acceptors (Lipinski definition) is 5. The molecule has 0 N–H and O–H groups in total. The van der Waals surface area contributed by atoms with Gasteiger partial charge in [-0.05, 0) is 42.8 Å². The van der Waals surface area contributed by atoms with Gasteiger partial charge >= 0.3 is 10.1 Å². The summed E-state index contributed by atoms with van der Waals surface area (Å²) < 4.78 is 35.2. The molecule has 0 radical (unpaired) electrons. The number of carbonyl (C=O) groups is 1. The van der Waals surface area contributed by atoms with Gasteiger partial charge in [-0.15, -0.1) is 0 Å². The van der Waals surface area contributed by atoms with Gasteiger partial charge in [-0.1, -0.05) is 36.8 Å². The molecule has 0 saturated heterocycles. The maximum absolute atomic E-state index is 12.4. The molecule has 0 bridgehead atoms. The highest BCUT2D eigenvalue weighted by Crippen LogP contribution is 2.31. The van der Waals surface area contributed by atoms with Crippen LogP contribution in [0.3, 0.4) is 0 Å². The summed E-state index contributed by atoms with van der Waals surface area (Å²) in [5.74, 6) is 0.352. The molecule has 0 fully saturated rings. The van der Waals surface area contributed by atoms with E-state index in [0.717, 1.165) is 5.56 Å². The van der Waals surface area contributed by atoms with Crippen LogP contribution in [0.25, 0.3) is 6.08 Å². The smallest absolute Gasteiger partial charge is 0.339 e. The van der Waals surface area contributed by atoms with Crippen molar-refractivity contribution < 1.29 is 22.1 Å². The Morgan fingerprint density at radius 2 is 1.76 bits per heavy atom. The molecular formula is C19H20O5S. The van der Waals surface area contributed by atoms with Gasteiger partial charge in [0.1, 0.15) is 4.90 Å². The third kappa shape index (κ3) is 4.93. The van der Waals surface area contributed by atoms with E-state index >= 15 is 0 Å². The number of hydrogen-bond donors (Lipinski definition) is 0. The zero-order valence-electron chi connectivity index (χ0n) is 14.4. The van der Waals surface area contributed by atoms with Crippen molar-refractivity contribution >= 4 is 22.0 Å². The lowest BCUT2D eigenvalue weighted by Crippen LogP contribution is -2.10. The van der Waals surface area contributed by atoms with E-state index in [1.165, 1.54) is 31.4 Å². The predicted octanol–water partition coefficient (Wildman–Crippen LogP) is 3.76. The molecule has 0 spiro atoms. The van der Waals surface area contributed by atoms with Crippen LogP contribution in [0.4, 0.5) is 0 Å². The molecular weight excluding hydrogens is 340 g/mol. The van der Waals surface area contributed by atoms with Crippen LogP contribution in [0.1, 0.15) is 24.5 Å². The second kappa shape index (κ2) is 7.98. The van der Waals surface area contributed by atoms with Crippen LogP contribution in [0.2, 0.25) is 0 Å². The molecule has 0 aliphatic rings. The van der Waals surface area contributed by atoms with Gasteiger partial charge in [0, 0.05) is 6.42 Å². The lowest BCUT2D eigenvalue weighted by Gasteiger charge is -2.11. The predicted molar refractivity (Wildman–Crippen MR) is 96.3 cm³/mol. The fourth-order valence-corrected chi connectivity index (χ4v) is 2.97. The molecule has 0 atom stereocenters. The summed E-state index contributed by atoms with van der Waals surface area (Å²) >= 11 is 0. The lowest BCUT2D eigenvalue weighted by atomic mass is 10.1. The largest absolute Gasteiger partial charge is 0.493 e. The van der Waals surface area contributed by atoms with Crippen LogP contribution < -0.4 is 8.92 Å². The number of ether oxygens (including phenoxy) is 1. The van der Waals surface area contributed by atoms with Crippen molar-refractivity contribution in [3.05, 3.63) is 59.7 Å². The molecule has 2 aromatic rings. The fraction of sp³-hybridized carbons (Fsp3) is 0.211. The number of carbonyl (C=O) groups excluding carboxylic acids is 1. The van der Waals surface area contributed by atoms with E-state index in [4.69, 9.17) is 8.92 Å². The molecule has 2 aromatic carbocycles. The molecule has 0 aliphatic carbocycles. The van der Waals surface area contributed by atoms with Crippen molar-refractivity contribution in [2.24, 2.45) is 0 Å². The first kappa shape index (κ1) is 18.7. The van der Waals surface area contributed by atoms with Gasteiger partial charge in [0.05, 0.1) is 7.11 Å². The average Bonchev–Trinajstić information content (AvgIpc) is 2.60. The Hall–Kier alpha value is -2.60. The average molecular weight is 360 g/mol. The monoisotopic (exact) mass is 360 g/mol. The van der Waals surface area contributed by atoms with E-state index < -0.39 is 10.1 Å². The Labute approximate surface area is 148 Å². The molecule has 0 aliphatic heterocycles. The van der Waals surface area contributed by atoms with Crippen molar-refractivity contribution in [3.8, 4) is 11.5 Å². The van der Waals surface area contributed by atoms with Crippen molar-refractivity contribution in [1.82, 2.24) is 0 Å². The molecule has 0 heterocycles. The summed E-state index contributed by atoms with van der Waals surface area (Å²) in [5, 5.41) is 0. The van der Waals surface area contributed by atoms with Crippen LogP contribution >= 0.6 is 0 Å². The number of benzene rings is 2. The zero-order chi connectivity index (χ0) is 18.4. The first-order valence-electron chi connectivity index (χ1n) is 7.76. The van der Waals surface area contributed by atoms with Gasteiger partial charge in [-0.3, -0.25) is 4.79 Å². The zero-order valence-corrected chi connectivity index (χ0v) is 15.2. The molecule has 0 unspecified atom stereocenters. The standard InChI is InChI=1S/C19H20O5S/c1-4-16(20)9-7-15-8-12-18(19(13-15)23-3)24-25(21,22)17-10-5-14(2)6-11-17/h5-13H,4H2,1-3H3/b9-7+. The van der Waals surface area contributed by atoms with Crippen molar-refractivity contribution in [1.29, 1.82) is 0 Å². The maximum Gasteiger partial charge on any atom is 0.339 e. The highest BCUT2D eigenvalue weighted by Gasteiger charge is 2.19. The summed E-state index contributed by atoms with van der Waals surface area (Å²) in [6, 6.07) is 11.1. The molecule has 132 valence electrons. The van der Waals surface area contributed by atoms with E-state index in [-0.39, 0.29) is 22.2 Å². The van der Waals surface area contributed by atoms with E-state index in [1.807, 2.05) is 6.92 Å². The molecule has 0 aromatic heterocycles. The van der Waals surface area contributed by atoms with Gasteiger partial charge in [0.2, 0.25) is 0 Å². The minimum atomic E-state index is -3.96. The Morgan fingerprint density at radius 3 is 2.36 bits per heavy atom. The Bertz CT molecular complexity index is 881. The lowest BCUT2D eigenvalue weighted by molar-refractivity contribution is -0.114. The molecule has 0 amide bonds. The number of rotatable bonds is 7. The number of allylic oxidation sites excluding steroid dienone is 1. The van der Waals surface area contributed by atoms with Gasteiger partial charge < -0.3 is 8.92 Å². The highest BCUT2D eigenvalue weighted by atomic mass is 32.2. The Balaban J connectivity index is 2.28. The second-order valence-electron chi connectivity index (χ2n) is 5.41. The van der Waals surface area contributed by atoms with Crippen molar-refractivity contribution in [2.75, 3.05) is 7.11 Å². The first-order chi connectivity index (χ1) is 11.9. The molecule has 25 heavy (non-hydrogen) atoms. The molecule has 2 rings (SSSR count). The third-order valence-corrected chi connectivity index (χ3v) is 4.76. The highest BCUT2D eigenvalue weighted by molar-refractivity contribution is 7.87. The summed E-state index contributed by atoms with van der Waals surface area (Å²) in [6.45, 7) is 3.65. The molecule has 0 saturated carbocycles. The van der Waals surface area contributed by atoms with Gasteiger partial charge in [-0.2, -0.15) is 8.42 Å². The number of aryl methyl sites for hydroxylation is 1. The fourth-order valence-electron chi connectivity index (χ4n) is 2.03. The molecule has 5 nitrogen and oxygen atoms in total. The van der Waals surface area contributed by atoms with Crippen LogP contribution in [0.5, 0.6) is 11.5 Å². The van der Waals surface area contributed by atoms with Crippen LogP contribution in [0, 0.1) is 6.92 Å². The molecule has 6 heteroatoms. The van der Waals surface area contributed by atoms with Gasteiger partial charge in [0.15, 0.2) is 17.3 Å². The Morgan fingerprint density at radius 1 is 1.08 bits per heavy atom. The SMILES string of the molecule is CCC(=O)/C=C/c1ccc(OS(=O)(=O)c2ccc(C)cc2)c(OC)c1. The van der Waals surface area contributed by atoms with Crippen LogP contribution in [-0.2, 0) is 14.9 Å². The van der Waals surface area contributed by atoms with E-state index in [1.54, 1.807) is 37.3 Å². The third-order valence-electron chi connectivity index (χ3n) is 3.51. The quantitative estimate of drug-likeness (QED) is 0.555. The van der Waals surface area contributed by atoms with Gasteiger partial charge in [-0.25, -0.2) is 0 Å². The van der Waals surface area contributed by atoms with Gasteiger partial charge in [0.25, 0.3) is 0 Å². The summed E-state index contributed by atoms with van der Waals surface area (Å²) in [4.78, 5) is 11.4. The van der Waals surface area contributed by atoms with E-state index in [9.17, 15) is 13.2 Å². The summed E-state index contributed by atoms with van der Waals surface area (Å²) in [6.07, 6.45) is 3.54. The van der Waals surface area contributed by atoms with Crippen LogP contribution in [0.15, 0.2) is 53.4 Å². The normalized spacial score (nSPS) is 11.5. The summed E-state index contributed by atoms with van der Waals surface area (Å²) in [7, 11) is -2.54. The van der Waals surface area contributed by atoms with Crippen LogP contribution in [-0.4, -0.2) is 21.3 Å². The second-order valence-corrected chi connectivity index (χ2v) is 6.96. The maximum atomic E-state index is 12.4. The first-order valence-corrected chi connectivity index (χ1v) is 9.16. The Kier molecular flexibility index (Phi) is 5.98. The van der Waals surface area contributed by atoms with E-state index in [2.05, 4.69) is 0 Å². The van der Waals surface area contributed by atoms with Crippen molar-refractivity contribution in [2.45, 2.75) is 25.2 Å².